The Hall–Kier alpha value is -1.03. The van der Waals surface area contributed by atoms with E-state index in [4.69, 9.17) is 0 Å². The van der Waals surface area contributed by atoms with E-state index in [1.807, 2.05) is 0 Å². The summed E-state index contributed by atoms with van der Waals surface area (Å²) in [6, 6.07) is 0. The summed E-state index contributed by atoms with van der Waals surface area (Å²) in [6.07, 6.45) is 5.68. The molecule has 0 saturated carbocycles. The lowest BCUT2D eigenvalue weighted by molar-refractivity contribution is 0.219. The highest BCUT2D eigenvalue weighted by atomic mass is 16.1. The first-order valence-corrected chi connectivity index (χ1v) is 4.83. The summed E-state index contributed by atoms with van der Waals surface area (Å²) in [5, 5.41) is 0. The Morgan fingerprint density at radius 3 is 2.69 bits per heavy atom. The standard InChI is InChI=1S/C9H15N3O/c13-9-10-6-8(11-9)7-12-4-2-1-3-5-12/h6H,1-5,7H2,(H2,10,11,13). The van der Waals surface area contributed by atoms with E-state index in [9.17, 15) is 4.79 Å². The van der Waals surface area contributed by atoms with Crippen LogP contribution in [0.2, 0.25) is 0 Å². The van der Waals surface area contributed by atoms with E-state index in [0.29, 0.717) is 0 Å². The number of likely N-dealkylation sites (tertiary alicyclic amines) is 1. The second-order valence-corrected chi connectivity index (χ2v) is 3.60. The van der Waals surface area contributed by atoms with Gasteiger partial charge in [0.25, 0.3) is 0 Å². The summed E-state index contributed by atoms with van der Waals surface area (Å²) in [5.74, 6) is 0. The minimum absolute atomic E-state index is 0.105. The van der Waals surface area contributed by atoms with Gasteiger partial charge in [0.1, 0.15) is 0 Å². The van der Waals surface area contributed by atoms with Gasteiger partial charge in [0.05, 0.1) is 0 Å². The molecule has 4 heteroatoms. The van der Waals surface area contributed by atoms with Gasteiger partial charge in [0.2, 0.25) is 0 Å². The van der Waals surface area contributed by atoms with Gasteiger partial charge < -0.3 is 9.97 Å². The van der Waals surface area contributed by atoms with Gasteiger partial charge in [-0.2, -0.15) is 0 Å². The number of nitrogens with zero attached hydrogens (tertiary/aromatic N) is 1. The molecule has 2 heterocycles. The van der Waals surface area contributed by atoms with Gasteiger partial charge in [0.15, 0.2) is 0 Å². The highest BCUT2D eigenvalue weighted by Gasteiger charge is 2.10. The molecule has 1 aromatic rings. The number of hydrogen-bond acceptors (Lipinski definition) is 2. The Morgan fingerprint density at radius 1 is 1.31 bits per heavy atom. The molecule has 0 bridgehead atoms. The van der Waals surface area contributed by atoms with E-state index in [2.05, 4.69) is 14.9 Å². The first-order valence-electron chi connectivity index (χ1n) is 4.83. The van der Waals surface area contributed by atoms with Crippen LogP contribution >= 0.6 is 0 Å². The molecule has 1 aromatic heterocycles. The fraction of sp³-hybridized carbons (Fsp3) is 0.667. The van der Waals surface area contributed by atoms with Crippen LogP contribution in [0.1, 0.15) is 25.0 Å². The molecule has 4 nitrogen and oxygen atoms in total. The Balaban J connectivity index is 1.93. The van der Waals surface area contributed by atoms with Crippen molar-refractivity contribution in [2.45, 2.75) is 25.8 Å². The smallest absolute Gasteiger partial charge is 0.313 e. The lowest BCUT2D eigenvalue weighted by atomic mass is 10.1. The summed E-state index contributed by atoms with van der Waals surface area (Å²) < 4.78 is 0. The molecular formula is C9H15N3O. The van der Waals surface area contributed by atoms with E-state index < -0.39 is 0 Å². The summed E-state index contributed by atoms with van der Waals surface area (Å²) >= 11 is 0. The maximum atomic E-state index is 10.8. The zero-order chi connectivity index (χ0) is 9.10. The van der Waals surface area contributed by atoms with Gasteiger partial charge in [-0.15, -0.1) is 0 Å². The topological polar surface area (TPSA) is 51.9 Å². The molecule has 0 radical (unpaired) electrons. The summed E-state index contributed by atoms with van der Waals surface area (Å²) in [7, 11) is 0. The maximum absolute atomic E-state index is 10.8. The SMILES string of the molecule is O=c1[nH]cc(CN2CCCCC2)[nH]1. The minimum atomic E-state index is -0.105. The molecule has 0 amide bonds. The van der Waals surface area contributed by atoms with Gasteiger partial charge in [-0.1, -0.05) is 6.42 Å². The Bertz CT molecular complexity index is 309. The number of aromatic nitrogens is 2. The zero-order valence-corrected chi connectivity index (χ0v) is 7.68. The lowest BCUT2D eigenvalue weighted by Crippen LogP contribution is -2.29. The van der Waals surface area contributed by atoms with Crippen LogP contribution < -0.4 is 5.69 Å². The van der Waals surface area contributed by atoms with Crippen molar-refractivity contribution in [3.63, 3.8) is 0 Å². The number of hydrogen-bond donors (Lipinski definition) is 2. The molecular weight excluding hydrogens is 166 g/mol. The number of imidazole rings is 1. The van der Waals surface area contributed by atoms with Crippen molar-refractivity contribution >= 4 is 0 Å². The maximum Gasteiger partial charge on any atom is 0.323 e. The molecule has 1 aliphatic rings. The number of aromatic amines is 2. The predicted molar refractivity (Wildman–Crippen MR) is 50.5 cm³/mol. The fourth-order valence-corrected chi connectivity index (χ4v) is 1.81. The van der Waals surface area contributed by atoms with Crippen molar-refractivity contribution in [1.82, 2.24) is 14.9 Å². The van der Waals surface area contributed by atoms with E-state index in [1.165, 1.54) is 19.3 Å². The molecule has 1 fully saturated rings. The number of piperidine rings is 1. The third-order valence-corrected chi connectivity index (χ3v) is 2.49. The quantitative estimate of drug-likeness (QED) is 0.705. The van der Waals surface area contributed by atoms with Crippen molar-refractivity contribution in [2.75, 3.05) is 13.1 Å². The van der Waals surface area contributed by atoms with E-state index in [1.54, 1.807) is 6.20 Å². The van der Waals surface area contributed by atoms with Crippen LogP contribution in [0, 0.1) is 0 Å². The highest BCUT2D eigenvalue weighted by Crippen LogP contribution is 2.10. The van der Waals surface area contributed by atoms with Gasteiger partial charge in [-0.3, -0.25) is 4.90 Å². The average Bonchev–Trinajstić information content (AvgIpc) is 2.53. The first-order chi connectivity index (χ1) is 6.34. The van der Waals surface area contributed by atoms with Crippen molar-refractivity contribution in [3.05, 3.63) is 22.4 Å². The molecule has 0 spiro atoms. The number of H-pyrrole nitrogens is 2. The van der Waals surface area contributed by atoms with Crippen LogP contribution in [0.25, 0.3) is 0 Å². The third-order valence-electron chi connectivity index (χ3n) is 2.49. The summed E-state index contributed by atoms with van der Waals surface area (Å²) in [5.41, 5.74) is 0.888. The Labute approximate surface area is 77.0 Å². The molecule has 0 atom stereocenters. The van der Waals surface area contributed by atoms with Gasteiger partial charge in [-0.25, -0.2) is 4.79 Å². The van der Waals surface area contributed by atoms with Crippen LogP contribution in [0.3, 0.4) is 0 Å². The van der Waals surface area contributed by atoms with Gasteiger partial charge >= 0.3 is 5.69 Å². The van der Waals surface area contributed by atoms with Crippen molar-refractivity contribution in [3.8, 4) is 0 Å². The summed E-state index contributed by atoms with van der Waals surface area (Å²) in [6.45, 7) is 3.19. The minimum Gasteiger partial charge on any atom is -0.313 e. The van der Waals surface area contributed by atoms with Crippen LogP contribution in [0.4, 0.5) is 0 Å². The monoisotopic (exact) mass is 181 g/mol. The van der Waals surface area contributed by atoms with Crippen LogP contribution in [0.5, 0.6) is 0 Å². The van der Waals surface area contributed by atoms with Gasteiger partial charge in [-0.05, 0) is 25.9 Å². The highest BCUT2D eigenvalue weighted by molar-refractivity contribution is 4.94. The Morgan fingerprint density at radius 2 is 2.08 bits per heavy atom. The third kappa shape index (κ3) is 2.21. The molecule has 72 valence electrons. The van der Waals surface area contributed by atoms with E-state index in [0.717, 1.165) is 25.3 Å². The molecule has 13 heavy (non-hydrogen) atoms. The van der Waals surface area contributed by atoms with Crippen molar-refractivity contribution in [1.29, 1.82) is 0 Å². The molecule has 2 N–H and O–H groups in total. The van der Waals surface area contributed by atoms with Crippen LogP contribution in [-0.2, 0) is 6.54 Å². The van der Waals surface area contributed by atoms with E-state index >= 15 is 0 Å². The van der Waals surface area contributed by atoms with Crippen molar-refractivity contribution in [2.24, 2.45) is 0 Å². The molecule has 0 unspecified atom stereocenters. The normalized spacial score (nSPS) is 19.1. The number of rotatable bonds is 2. The lowest BCUT2D eigenvalue weighted by Gasteiger charge is -2.25. The zero-order valence-electron chi connectivity index (χ0n) is 7.68. The molecule has 1 aliphatic heterocycles. The molecule has 0 aromatic carbocycles. The largest absolute Gasteiger partial charge is 0.323 e. The van der Waals surface area contributed by atoms with Crippen molar-refractivity contribution < 1.29 is 0 Å². The van der Waals surface area contributed by atoms with Crippen LogP contribution in [-0.4, -0.2) is 28.0 Å². The number of nitrogens with one attached hydrogen (secondary N) is 2. The average molecular weight is 181 g/mol. The fourth-order valence-electron chi connectivity index (χ4n) is 1.81. The molecule has 2 rings (SSSR count). The second kappa shape index (κ2) is 3.79. The summed E-state index contributed by atoms with van der Waals surface area (Å²) in [4.78, 5) is 18.6. The molecule has 1 saturated heterocycles. The molecule has 0 aliphatic carbocycles. The van der Waals surface area contributed by atoms with Crippen LogP contribution in [0.15, 0.2) is 11.0 Å². The van der Waals surface area contributed by atoms with Gasteiger partial charge in [0, 0.05) is 18.4 Å². The first kappa shape index (κ1) is 8.56. The second-order valence-electron chi connectivity index (χ2n) is 3.60. The van der Waals surface area contributed by atoms with E-state index in [-0.39, 0.29) is 5.69 Å². The Kier molecular flexibility index (Phi) is 2.49. The predicted octanol–water partition coefficient (Wildman–Crippen LogP) is 0.689.